The van der Waals surface area contributed by atoms with Crippen molar-refractivity contribution in [1.29, 1.82) is 5.26 Å². The predicted molar refractivity (Wildman–Crippen MR) is 66.9 cm³/mol. The fourth-order valence-corrected chi connectivity index (χ4v) is 1.45. The van der Waals surface area contributed by atoms with Gasteiger partial charge >= 0.3 is 5.97 Å². The normalized spacial score (nSPS) is 10.8. The Bertz CT molecular complexity index is 521. The van der Waals surface area contributed by atoms with Gasteiger partial charge in [0.1, 0.15) is 11.6 Å². The van der Waals surface area contributed by atoms with Gasteiger partial charge < -0.3 is 5.11 Å². The lowest BCUT2D eigenvalue weighted by molar-refractivity contribution is -0.132. The lowest BCUT2D eigenvalue weighted by Gasteiger charge is -2.00. The fourth-order valence-electron chi connectivity index (χ4n) is 1.45. The Morgan fingerprint density at radius 1 is 1.33 bits per heavy atom. The molecule has 0 atom stereocenters. The summed E-state index contributed by atoms with van der Waals surface area (Å²) in [4.78, 5) is 22.2. The third kappa shape index (κ3) is 3.56. The van der Waals surface area contributed by atoms with Gasteiger partial charge in [0, 0.05) is 12.0 Å². The molecule has 1 N–H and O–H groups in total. The number of ketones is 1. The summed E-state index contributed by atoms with van der Waals surface area (Å²) >= 11 is 0. The summed E-state index contributed by atoms with van der Waals surface area (Å²) in [6.45, 7) is 1.93. The standard InChI is InChI=1S/C14H13NO3/c1-2-3-13(16)11-6-4-10(5-7-11)8-12(9-15)14(17)18/h4-8H,2-3H2,1H3,(H,17,18). The number of carboxylic acids is 1. The number of rotatable bonds is 5. The third-order valence-corrected chi connectivity index (χ3v) is 2.37. The molecule has 4 heteroatoms. The van der Waals surface area contributed by atoms with Crippen LogP contribution in [0.5, 0.6) is 0 Å². The predicted octanol–water partition coefficient (Wildman–Crippen LogP) is 2.66. The monoisotopic (exact) mass is 243 g/mol. The molecule has 1 aromatic carbocycles. The minimum atomic E-state index is -1.26. The summed E-state index contributed by atoms with van der Waals surface area (Å²) in [5.41, 5.74) is 0.854. The molecule has 0 aliphatic heterocycles. The number of carbonyl (C=O) groups excluding carboxylic acids is 1. The summed E-state index contributed by atoms with van der Waals surface area (Å²) < 4.78 is 0. The Morgan fingerprint density at radius 2 is 1.94 bits per heavy atom. The van der Waals surface area contributed by atoms with E-state index in [0.717, 1.165) is 6.42 Å². The van der Waals surface area contributed by atoms with Gasteiger partial charge in [0.25, 0.3) is 0 Å². The molecule has 0 radical (unpaired) electrons. The molecule has 0 fully saturated rings. The SMILES string of the molecule is CCCC(=O)c1ccc(C=C(C#N)C(=O)O)cc1. The highest BCUT2D eigenvalue weighted by Gasteiger charge is 2.07. The zero-order valence-electron chi connectivity index (χ0n) is 10.0. The van der Waals surface area contributed by atoms with Crippen molar-refractivity contribution < 1.29 is 14.7 Å². The maximum absolute atomic E-state index is 11.6. The molecule has 1 rings (SSSR count). The molecule has 0 spiro atoms. The number of nitrogens with zero attached hydrogens (tertiary/aromatic N) is 1. The molecule has 0 aliphatic carbocycles. The molecular formula is C14H13NO3. The van der Waals surface area contributed by atoms with Crippen molar-refractivity contribution in [2.45, 2.75) is 19.8 Å². The molecule has 0 saturated carbocycles. The topological polar surface area (TPSA) is 78.2 Å². The van der Waals surface area contributed by atoms with Gasteiger partial charge in [-0.1, -0.05) is 31.2 Å². The second-order valence-electron chi connectivity index (χ2n) is 3.77. The Kier molecular flexibility index (Phi) is 4.82. The van der Waals surface area contributed by atoms with Gasteiger partial charge in [-0.3, -0.25) is 4.79 Å². The highest BCUT2D eigenvalue weighted by atomic mass is 16.4. The molecular weight excluding hydrogens is 230 g/mol. The number of Topliss-reactive ketones (excluding diaryl/α,β-unsaturated/α-hetero) is 1. The van der Waals surface area contributed by atoms with Gasteiger partial charge in [0.15, 0.2) is 5.78 Å². The second-order valence-corrected chi connectivity index (χ2v) is 3.77. The van der Waals surface area contributed by atoms with Crippen LogP contribution in [0, 0.1) is 11.3 Å². The van der Waals surface area contributed by atoms with Gasteiger partial charge in [0.05, 0.1) is 0 Å². The van der Waals surface area contributed by atoms with Crippen molar-refractivity contribution in [2.75, 3.05) is 0 Å². The summed E-state index contributed by atoms with van der Waals surface area (Å²) in [6.07, 6.45) is 2.56. The van der Waals surface area contributed by atoms with Crippen molar-refractivity contribution in [1.82, 2.24) is 0 Å². The van der Waals surface area contributed by atoms with Gasteiger partial charge in [-0.05, 0) is 18.1 Å². The van der Waals surface area contributed by atoms with Crippen molar-refractivity contribution in [3.8, 4) is 6.07 Å². The minimum absolute atomic E-state index is 0.0618. The maximum atomic E-state index is 11.6. The van der Waals surface area contributed by atoms with E-state index in [1.165, 1.54) is 6.08 Å². The van der Waals surface area contributed by atoms with Crippen molar-refractivity contribution in [2.24, 2.45) is 0 Å². The maximum Gasteiger partial charge on any atom is 0.346 e. The Labute approximate surface area is 105 Å². The molecule has 4 nitrogen and oxygen atoms in total. The summed E-state index contributed by atoms with van der Waals surface area (Å²) in [5.74, 6) is -1.20. The average Bonchev–Trinajstić information content (AvgIpc) is 2.36. The van der Waals surface area contributed by atoms with E-state index in [9.17, 15) is 9.59 Å². The molecule has 0 bridgehead atoms. The first-order valence-corrected chi connectivity index (χ1v) is 5.56. The second kappa shape index (κ2) is 6.36. The van der Waals surface area contributed by atoms with E-state index in [0.29, 0.717) is 17.5 Å². The largest absolute Gasteiger partial charge is 0.477 e. The zero-order valence-corrected chi connectivity index (χ0v) is 10.0. The van der Waals surface area contributed by atoms with Crippen molar-refractivity contribution >= 4 is 17.8 Å². The van der Waals surface area contributed by atoms with Crippen LogP contribution in [-0.2, 0) is 4.79 Å². The molecule has 0 saturated heterocycles. The molecule has 0 unspecified atom stereocenters. The highest BCUT2D eigenvalue weighted by Crippen LogP contribution is 2.11. The van der Waals surface area contributed by atoms with Crippen LogP contribution in [-0.4, -0.2) is 16.9 Å². The van der Waals surface area contributed by atoms with E-state index in [1.54, 1.807) is 30.3 Å². The number of hydrogen-bond donors (Lipinski definition) is 1. The third-order valence-electron chi connectivity index (χ3n) is 2.37. The van der Waals surface area contributed by atoms with Crippen LogP contribution in [0.4, 0.5) is 0 Å². The molecule has 0 aliphatic rings. The fraction of sp³-hybridized carbons (Fsp3) is 0.214. The molecule has 0 aromatic heterocycles. The molecule has 1 aromatic rings. The number of nitriles is 1. The average molecular weight is 243 g/mol. The summed E-state index contributed by atoms with van der Waals surface area (Å²) in [7, 11) is 0. The van der Waals surface area contributed by atoms with E-state index in [-0.39, 0.29) is 11.4 Å². The molecule has 0 amide bonds. The van der Waals surface area contributed by atoms with E-state index >= 15 is 0 Å². The zero-order chi connectivity index (χ0) is 13.5. The minimum Gasteiger partial charge on any atom is -0.477 e. The first kappa shape index (κ1) is 13.7. The van der Waals surface area contributed by atoms with Crippen LogP contribution >= 0.6 is 0 Å². The van der Waals surface area contributed by atoms with Gasteiger partial charge in [0.2, 0.25) is 0 Å². The quantitative estimate of drug-likeness (QED) is 0.490. The Hall–Kier alpha value is -2.41. The van der Waals surface area contributed by atoms with E-state index in [2.05, 4.69) is 0 Å². The molecule has 92 valence electrons. The lowest BCUT2D eigenvalue weighted by Crippen LogP contribution is -1.99. The first-order valence-electron chi connectivity index (χ1n) is 5.56. The molecule has 0 heterocycles. The van der Waals surface area contributed by atoms with Crippen LogP contribution in [0.2, 0.25) is 0 Å². The summed E-state index contributed by atoms with van der Waals surface area (Å²) in [5, 5.41) is 17.3. The molecule has 18 heavy (non-hydrogen) atoms. The summed E-state index contributed by atoms with van der Waals surface area (Å²) in [6, 6.07) is 8.14. The van der Waals surface area contributed by atoms with E-state index in [4.69, 9.17) is 10.4 Å². The van der Waals surface area contributed by atoms with Crippen molar-refractivity contribution in [3.63, 3.8) is 0 Å². The van der Waals surface area contributed by atoms with Crippen LogP contribution < -0.4 is 0 Å². The van der Waals surface area contributed by atoms with Crippen LogP contribution in [0.1, 0.15) is 35.7 Å². The Balaban J connectivity index is 2.93. The number of carboxylic acid groups (broad SMARTS) is 1. The van der Waals surface area contributed by atoms with Crippen LogP contribution in [0.15, 0.2) is 29.8 Å². The van der Waals surface area contributed by atoms with Crippen molar-refractivity contribution in [3.05, 3.63) is 41.0 Å². The van der Waals surface area contributed by atoms with Gasteiger partial charge in [-0.25, -0.2) is 4.79 Å². The number of benzene rings is 1. The van der Waals surface area contributed by atoms with Gasteiger partial charge in [-0.2, -0.15) is 5.26 Å². The number of hydrogen-bond acceptors (Lipinski definition) is 3. The van der Waals surface area contributed by atoms with E-state index < -0.39 is 5.97 Å². The van der Waals surface area contributed by atoms with Crippen LogP contribution in [0.3, 0.4) is 0 Å². The first-order chi connectivity index (χ1) is 8.58. The lowest BCUT2D eigenvalue weighted by atomic mass is 10.0. The Morgan fingerprint density at radius 3 is 2.39 bits per heavy atom. The van der Waals surface area contributed by atoms with Crippen LogP contribution in [0.25, 0.3) is 6.08 Å². The van der Waals surface area contributed by atoms with Gasteiger partial charge in [-0.15, -0.1) is 0 Å². The van der Waals surface area contributed by atoms with E-state index in [1.807, 2.05) is 6.92 Å². The number of carbonyl (C=O) groups is 2. The number of aliphatic carboxylic acids is 1. The highest BCUT2D eigenvalue weighted by molar-refractivity contribution is 5.97. The smallest absolute Gasteiger partial charge is 0.346 e.